The van der Waals surface area contributed by atoms with Crippen LogP contribution in [0.5, 0.6) is 0 Å². The summed E-state index contributed by atoms with van der Waals surface area (Å²) in [7, 11) is -1.98. The Balaban J connectivity index is 2.04. The summed E-state index contributed by atoms with van der Waals surface area (Å²) in [5.74, 6) is 0. The lowest BCUT2D eigenvalue weighted by molar-refractivity contribution is -0.114. The van der Waals surface area contributed by atoms with Gasteiger partial charge >= 0.3 is 0 Å². The van der Waals surface area contributed by atoms with E-state index < -0.39 is 7.26 Å². The van der Waals surface area contributed by atoms with Crippen LogP contribution in [0.1, 0.15) is 206 Å². The van der Waals surface area contributed by atoms with E-state index in [0.717, 1.165) is 38.0 Å². The molecule has 1 rings (SSSR count). The normalized spacial score (nSPS) is 14.7. The number of hydrogen-bond donors (Lipinski definition) is 0. The van der Waals surface area contributed by atoms with Crippen molar-refractivity contribution in [3.63, 3.8) is 0 Å². The zero-order chi connectivity index (χ0) is 28.3. The summed E-state index contributed by atoms with van der Waals surface area (Å²) in [6.07, 6.45) is 40.2. The zero-order valence-corrected chi connectivity index (χ0v) is 27.8. The van der Waals surface area contributed by atoms with Crippen molar-refractivity contribution in [1.82, 2.24) is 0 Å². The molecule has 0 aromatic rings. The fourth-order valence-corrected chi connectivity index (χ4v) is 10.7. The molecule has 0 spiro atoms. The first-order valence-corrected chi connectivity index (χ1v) is 20.3. The quantitative estimate of drug-likeness (QED) is 0.0641. The third kappa shape index (κ3) is 18.7. The Morgan fingerprint density at radius 1 is 0.385 bits per heavy atom. The molecule has 0 aromatic heterocycles. The van der Waals surface area contributed by atoms with E-state index >= 15 is 0 Å². The first kappa shape index (κ1) is 36.8. The molecule has 0 amide bonds. The lowest BCUT2D eigenvalue weighted by Gasteiger charge is -2.28. The smallest absolute Gasteiger partial charge is 0.157 e. The molecule has 1 aliphatic rings. The molecule has 0 N–H and O–H groups in total. The van der Waals surface area contributed by atoms with E-state index in [0.29, 0.717) is 23.9 Å². The average Bonchev–Trinajstić information content (AvgIpc) is 3.45. The molecule has 0 atom stereocenters. The van der Waals surface area contributed by atoms with Crippen molar-refractivity contribution < 1.29 is 9.59 Å². The second-order valence-electron chi connectivity index (χ2n) is 12.9. The van der Waals surface area contributed by atoms with E-state index in [-0.39, 0.29) is 0 Å². The van der Waals surface area contributed by atoms with Gasteiger partial charge in [0, 0.05) is 20.1 Å². The molecular formula is C36H70O2P. The third-order valence-corrected chi connectivity index (χ3v) is 13.8. The maximum atomic E-state index is 13.3. The van der Waals surface area contributed by atoms with E-state index in [1.54, 1.807) is 0 Å². The van der Waals surface area contributed by atoms with Gasteiger partial charge in [-0.2, -0.15) is 0 Å². The van der Waals surface area contributed by atoms with Gasteiger partial charge in [0.1, 0.15) is 0 Å². The lowest BCUT2D eigenvalue weighted by Crippen LogP contribution is -2.18. The first-order chi connectivity index (χ1) is 19.2. The zero-order valence-electron chi connectivity index (χ0n) is 26.9. The number of carbonyl (C=O) groups is 2. The fourth-order valence-electron chi connectivity index (χ4n) is 6.53. The second-order valence-corrected chi connectivity index (χ2v) is 16.7. The highest BCUT2D eigenvalue weighted by Crippen LogP contribution is 2.66. The van der Waals surface area contributed by atoms with Gasteiger partial charge in [-0.25, -0.2) is 0 Å². The topological polar surface area (TPSA) is 34.1 Å². The van der Waals surface area contributed by atoms with Gasteiger partial charge in [0.05, 0.1) is 0 Å². The Labute approximate surface area is 246 Å². The van der Waals surface area contributed by atoms with Crippen molar-refractivity contribution in [3.05, 3.63) is 0 Å². The minimum absolute atomic E-state index is 0.405. The summed E-state index contributed by atoms with van der Waals surface area (Å²) < 4.78 is 0. The van der Waals surface area contributed by atoms with Crippen LogP contribution >= 0.6 is 7.26 Å². The number of carbonyl (C=O) groups excluding carboxylic acids is 2. The molecule has 0 bridgehead atoms. The van der Waals surface area contributed by atoms with Gasteiger partial charge in [0.15, 0.2) is 11.0 Å². The summed E-state index contributed by atoms with van der Waals surface area (Å²) in [5, 5.41) is 0. The summed E-state index contributed by atoms with van der Waals surface area (Å²) in [5.41, 5.74) is 0.811. The molecule has 0 aromatic carbocycles. The van der Waals surface area contributed by atoms with Crippen molar-refractivity contribution in [2.45, 2.75) is 206 Å². The van der Waals surface area contributed by atoms with Crippen LogP contribution in [-0.4, -0.2) is 23.4 Å². The van der Waals surface area contributed by atoms with Crippen LogP contribution in [0.2, 0.25) is 0 Å². The van der Waals surface area contributed by atoms with E-state index in [1.165, 1.54) is 154 Å². The SMILES string of the molecule is CCCCCCCCCCCCCCCC(=O)[P]1(C(=O)CCCCCCCCCCCCCCC)CCCC1. The van der Waals surface area contributed by atoms with Gasteiger partial charge in [0.25, 0.3) is 0 Å². The molecule has 0 saturated carbocycles. The fraction of sp³-hybridized carbons (Fsp3) is 0.944. The number of rotatable bonds is 30. The van der Waals surface area contributed by atoms with E-state index in [4.69, 9.17) is 0 Å². The first-order valence-electron chi connectivity index (χ1n) is 18.1. The van der Waals surface area contributed by atoms with Gasteiger partial charge in [-0.3, -0.25) is 9.59 Å². The van der Waals surface area contributed by atoms with Crippen molar-refractivity contribution >= 4 is 18.3 Å². The van der Waals surface area contributed by atoms with E-state index in [9.17, 15) is 9.59 Å². The predicted molar refractivity (Wildman–Crippen MR) is 177 cm³/mol. The van der Waals surface area contributed by atoms with Crippen LogP contribution in [0.25, 0.3) is 0 Å². The lowest BCUT2D eigenvalue weighted by atomic mass is 10.0. The van der Waals surface area contributed by atoms with Crippen molar-refractivity contribution in [1.29, 1.82) is 0 Å². The van der Waals surface area contributed by atoms with Crippen molar-refractivity contribution in [3.8, 4) is 0 Å². The molecule has 1 radical (unpaired) electrons. The average molecular weight is 566 g/mol. The third-order valence-electron chi connectivity index (χ3n) is 9.27. The maximum Gasteiger partial charge on any atom is 0.157 e. The minimum Gasteiger partial charge on any atom is -0.295 e. The van der Waals surface area contributed by atoms with Gasteiger partial charge in [-0.05, 0) is 38.0 Å². The van der Waals surface area contributed by atoms with Crippen LogP contribution < -0.4 is 0 Å². The monoisotopic (exact) mass is 566 g/mol. The van der Waals surface area contributed by atoms with E-state index in [1.807, 2.05) is 0 Å². The Morgan fingerprint density at radius 3 is 0.872 bits per heavy atom. The molecule has 1 saturated heterocycles. The Morgan fingerprint density at radius 2 is 0.615 bits per heavy atom. The van der Waals surface area contributed by atoms with Gasteiger partial charge in [0.2, 0.25) is 0 Å². The van der Waals surface area contributed by atoms with Crippen LogP contribution in [0, 0.1) is 0 Å². The van der Waals surface area contributed by atoms with E-state index in [2.05, 4.69) is 13.8 Å². The molecule has 0 unspecified atom stereocenters. The number of hydrogen-bond acceptors (Lipinski definition) is 2. The molecule has 2 nitrogen and oxygen atoms in total. The maximum absolute atomic E-state index is 13.3. The van der Waals surface area contributed by atoms with Crippen LogP contribution in [-0.2, 0) is 9.59 Å². The predicted octanol–water partition coefficient (Wildman–Crippen LogP) is 12.8. The largest absolute Gasteiger partial charge is 0.295 e. The molecule has 1 aliphatic heterocycles. The van der Waals surface area contributed by atoms with Crippen molar-refractivity contribution in [2.75, 3.05) is 12.3 Å². The van der Waals surface area contributed by atoms with Crippen LogP contribution in [0.15, 0.2) is 0 Å². The van der Waals surface area contributed by atoms with Gasteiger partial charge < -0.3 is 0 Å². The summed E-state index contributed by atoms with van der Waals surface area (Å²) in [4.78, 5) is 26.5. The van der Waals surface area contributed by atoms with Crippen LogP contribution in [0.4, 0.5) is 0 Å². The summed E-state index contributed by atoms with van der Waals surface area (Å²) >= 11 is 0. The van der Waals surface area contributed by atoms with Gasteiger partial charge in [-0.15, -0.1) is 0 Å². The molecule has 1 heterocycles. The molecule has 3 heteroatoms. The minimum atomic E-state index is -1.98. The second kappa shape index (κ2) is 26.7. The molecular weight excluding hydrogens is 495 g/mol. The van der Waals surface area contributed by atoms with Crippen molar-refractivity contribution in [2.24, 2.45) is 0 Å². The highest BCUT2D eigenvalue weighted by molar-refractivity contribution is 8.04. The highest BCUT2D eigenvalue weighted by Gasteiger charge is 2.43. The summed E-state index contributed by atoms with van der Waals surface area (Å²) in [6, 6.07) is 0. The Bertz CT molecular complexity index is 522. The Hall–Kier alpha value is -0.230. The molecule has 1 fully saturated rings. The highest BCUT2D eigenvalue weighted by atomic mass is 31.2. The summed E-state index contributed by atoms with van der Waals surface area (Å²) in [6.45, 7) is 4.57. The van der Waals surface area contributed by atoms with Crippen LogP contribution in [0.3, 0.4) is 0 Å². The standard InChI is InChI=1S/C36H70O2P/c1-3-5-7-9-11-13-15-17-19-21-23-25-27-31-35(37)39(33-29-30-34-39)36(38)32-28-26-24-22-20-18-16-14-12-10-8-6-4-2/h3-34H2,1-2H3. The molecule has 39 heavy (non-hydrogen) atoms. The van der Waals surface area contributed by atoms with Gasteiger partial charge in [-0.1, -0.05) is 168 Å². The Kier molecular flexibility index (Phi) is 25.1. The molecule has 231 valence electrons. The number of unbranched alkanes of at least 4 members (excludes halogenated alkanes) is 24. The molecule has 0 aliphatic carbocycles.